The van der Waals surface area contributed by atoms with Gasteiger partial charge in [0, 0.05) is 12.1 Å². The summed E-state index contributed by atoms with van der Waals surface area (Å²) >= 11 is 0. The molecule has 1 aromatic rings. The fourth-order valence-corrected chi connectivity index (χ4v) is 3.70. The highest BCUT2D eigenvalue weighted by molar-refractivity contribution is 7.89. The van der Waals surface area contributed by atoms with Gasteiger partial charge in [-0.2, -0.15) is 0 Å². The molecule has 0 saturated carbocycles. The lowest BCUT2D eigenvalue weighted by Gasteiger charge is -2.30. The van der Waals surface area contributed by atoms with Crippen LogP contribution in [0.15, 0.2) is 23.1 Å². The molecule has 3 N–H and O–H groups in total. The smallest absolute Gasteiger partial charge is 0.241 e. The Bertz CT molecular complexity index is 590. The summed E-state index contributed by atoms with van der Waals surface area (Å²) in [6.07, 6.45) is 0.585. The van der Waals surface area contributed by atoms with Crippen molar-refractivity contribution < 1.29 is 17.5 Å². The number of hydrogen-bond donors (Lipinski definition) is 2. The summed E-state index contributed by atoms with van der Waals surface area (Å²) in [5, 5.41) is 0. The lowest BCUT2D eigenvalue weighted by Crippen LogP contribution is -2.51. The Kier molecular flexibility index (Phi) is 5.72. The SMILES string of the molecule is COc1ccc(S(=O)(=O)NC(C)(CN)CC(C)C)cc1F. The van der Waals surface area contributed by atoms with Gasteiger partial charge in [0.2, 0.25) is 10.0 Å². The van der Waals surface area contributed by atoms with Crippen molar-refractivity contribution in [3.05, 3.63) is 24.0 Å². The van der Waals surface area contributed by atoms with Gasteiger partial charge < -0.3 is 10.5 Å². The van der Waals surface area contributed by atoms with Gasteiger partial charge in [0.25, 0.3) is 0 Å². The van der Waals surface area contributed by atoms with Crippen molar-refractivity contribution in [2.75, 3.05) is 13.7 Å². The molecule has 21 heavy (non-hydrogen) atoms. The Labute approximate surface area is 125 Å². The van der Waals surface area contributed by atoms with Gasteiger partial charge in [-0.1, -0.05) is 13.8 Å². The highest BCUT2D eigenvalue weighted by Gasteiger charge is 2.30. The monoisotopic (exact) mass is 318 g/mol. The van der Waals surface area contributed by atoms with Crippen molar-refractivity contribution in [2.24, 2.45) is 11.7 Å². The zero-order chi connectivity index (χ0) is 16.3. The molecule has 0 saturated heterocycles. The van der Waals surface area contributed by atoms with Crippen LogP contribution in [0.4, 0.5) is 4.39 Å². The first kappa shape index (κ1) is 17.9. The topological polar surface area (TPSA) is 81.4 Å². The number of sulfonamides is 1. The van der Waals surface area contributed by atoms with Crippen LogP contribution in [0.3, 0.4) is 0 Å². The Hall–Kier alpha value is -1.18. The van der Waals surface area contributed by atoms with Crippen molar-refractivity contribution in [1.29, 1.82) is 0 Å². The molecule has 0 bridgehead atoms. The first-order valence-corrected chi connectivity index (χ1v) is 8.19. The molecule has 0 aliphatic rings. The summed E-state index contributed by atoms with van der Waals surface area (Å²) in [6.45, 7) is 5.86. The third kappa shape index (κ3) is 4.66. The Morgan fingerprint density at radius 2 is 2.05 bits per heavy atom. The van der Waals surface area contributed by atoms with E-state index in [0.29, 0.717) is 6.42 Å². The van der Waals surface area contributed by atoms with E-state index in [1.54, 1.807) is 6.92 Å². The van der Waals surface area contributed by atoms with Gasteiger partial charge in [-0.3, -0.25) is 0 Å². The predicted octanol–water partition coefficient (Wildman–Crippen LogP) is 1.88. The average Bonchev–Trinajstić information content (AvgIpc) is 2.37. The fraction of sp³-hybridized carbons (Fsp3) is 0.571. The number of nitrogens with one attached hydrogen (secondary N) is 1. The van der Waals surface area contributed by atoms with E-state index in [1.807, 2.05) is 13.8 Å². The van der Waals surface area contributed by atoms with Crippen molar-refractivity contribution in [2.45, 2.75) is 37.6 Å². The first-order valence-electron chi connectivity index (χ1n) is 6.71. The van der Waals surface area contributed by atoms with E-state index in [-0.39, 0.29) is 23.1 Å². The second-order valence-electron chi connectivity index (χ2n) is 5.76. The number of halogens is 1. The number of nitrogens with two attached hydrogens (primary N) is 1. The third-order valence-corrected chi connectivity index (χ3v) is 4.76. The predicted molar refractivity (Wildman–Crippen MR) is 80.2 cm³/mol. The molecule has 0 aliphatic carbocycles. The molecule has 1 aromatic carbocycles. The van der Waals surface area contributed by atoms with Crippen LogP contribution >= 0.6 is 0 Å². The lowest BCUT2D eigenvalue weighted by atomic mass is 9.92. The highest BCUT2D eigenvalue weighted by atomic mass is 32.2. The quantitative estimate of drug-likeness (QED) is 0.804. The Balaban J connectivity index is 3.08. The minimum Gasteiger partial charge on any atom is -0.494 e. The van der Waals surface area contributed by atoms with Gasteiger partial charge in [0.05, 0.1) is 12.0 Å². The van der Waals surface area contributed by atoms with Crippen LogP contribution in [0.25, 0.3) is 0 Å². The third-order valence-electron chi connectivity index (χ3n) is 3.12. The van der Waals surface area contributed by atoms with Crippen molar-refractivity contribution in [1.82, 2.24) is 4.72 Å². The van der Waals surface area contributed by atoms with E-state index >= 15 is 0 Å². The molecule has 0 aromatic heterocycles. The van der Waals surface area contributed by atoms with Crippen LogP contribution in [0.2, 0.25) is 0 Å². The molecule has 120 valence electrons. The molecule has 1 atom stereocenters. The average molecular weight is 318 g/mol. The number of rotatable bonds is 7. The molecule has 0 radical (unpaired) electrons. The van der Waals surface area contributed by atoms with Gasteiger partial charge in [-0.25, -0.2) is 17.5 Å². The zero-order valence-electron chi connectivity index (χ0n) is 12.8. The molecule has 7 heteroatoms. The molecule has 5 nitrogen and oxygen atoms in total. The van der Waals surface area contributed by atoms with Gasteiger partial charge in [-0.05, 0) is 37.5 Å². The lowest BCUT2D eigenvalue weighted by molar-refractivity contribution is 0.344. The van der Waals surface area contributed by atoms with Crippen molar-refractivity contribution in [3.63, 3.8) is 0 Å². The van der Waals surface area contributed by atoms with Crippen LogP contribution in [-0.4, -0.2) is 27.6 Å². The fourth-order valence-electron chi connectivity index (χ4n) is 2.27. The summed E-state index contributed by atoms with van der Waals surface area (Å²) in [5.41, 5.74) is 4.92. The van der Waals surface area contributed by atoms with Crippen molar-refractivity contribution in [3.8, 4) is 5.75 Å². The van der Waals surface area contributed by atoms with Gasteiger partial charge in [0.15, 0.2) is 11.6 Å². The molecule has 0 spiro atoms. The summed E-state index contributed by atoms with van der Waals surface area (Å²) in [5.74, 6) is -0.453. The zero-order valence-corrected chi connectivity index (χ0v) is 13.6. The second kappa shape index (κ2) is 6.72. The van der Waals surface area contributed by atoms with E-state index in [1.165, 1.54) is 19.2 Å². The normalized spacial score (nSPS) is 15.0. The standard InChI is InChI=1S/C14H23FN2O3S/c1-10(2)8-14(3,9-16)17-21(18,19)11-5-6-13(20-4)12(15)7-11/h5-7,10,17H,8-9,16H2,1-4H3. The number of ether oxygens (including phenoxy) is 1. The molecule has 1 rings (SSSR count). The molecule has 0 fully saturated rings. The summed E-state index contributed by atoms with van der Waals surface area (Å²) in [7, 11) is -2.53. The van der Waals surface area contributed by atoms with Gasteiger partial charge in [0.1, 0.15) is 0 Å². The number of hydrogen-bond acceptors (Lipinski definition) is 4. The largest absolute Gasteiger partial charge is 0.494 e. The maximum atomic E-state index is 13.7. The number of benzene rings is 1. The molecular weight excluding hydrogens is 295 g/mol. The molecule has 0 heterocycles. The maximum absolute atomic E-state index is 13.7. The van der Waals surface area contributed by atoms with Gasteiger partial charge >= 0.3 is 0 Å². The first-order chi connectivity index (χ1) is 9.63. The molecule has 0 aliphatic heterocycles. The second-order valence-corrected chi connectivity index (χ2v) is 7.45. The van der Waals surface area contributed by atoms with E-state index in [4.69, 9.17) is 10.5 Å². The van der Waals surface area contributed by atoms with Gasteiger partial charge in [-0.15, -0.1) is 0 Å². The summed E-state index contributed by atoms with van der Waals surface area (Å²) < 4.78 is 45.7. The highest BCUT2D eigenvalue weighted by Crippen LogP contribution is 2.23. The van der Waals surface area contributed by atoms with Crippen molar-refractivity contribution >= 4 is 10.0 Å². The Morgan fingerprint density at radius 3 is 2.48 bits per heavy atom. The van der Waals surface area contributed by atoms with Crippen LogP contribution in [0.1, 0.15) is 27.2 Å². The number of methoxy groups -OCH3 is 1. The maximum Gasteiger partial charge on any atom is 0.241 e. The molecule has 1 unspecified atom stereocenters. The van der Waals surface area contributed by atoms with Crippen LogP contribution < -0.4 is 15.2 Å². The molecular formula is C14H23FN2O3S. The van der Waals surface area contributed by atoms with Crippen LogP contribution in [0, 0.1) is 11.7 Å². The van der Waals surface area contributed by atoms with Crippen LogP contribution in [-0.2, 0) is 10.0 Å². The summed E-state index contributed by atoms with van der Waals surface area (Å²) in [4.78, 5) is -0.149. The van der Waals surface area contributed by atoms with E-state index < -0.39 is 21.4 Å². The minimum atomic E-state index is -3.85. The Morgan fingerprint density at radius 1 is 1.43 bits per heavy atom. The van der Waals surface area contributed by atoms with E-state index in [2.05, 4.69) is 4.72 Å². The van der Waals surface area contributed by atoms with Crippen LogP contribution in [0.5, 0.6) is 5.75 Å². The van der Waals surface area contributed by atoms with E-state index in [9.17, 15) is 12.8 Å². The molecule has 0 amide bonds. The van der Waals surface area contributed by atoms with E-state index in [0.717, 1.165) is 6.07 Å². The summed E-state index contributed by atoms with van der Waals surface area (Å²) in [6, 6.07) is 3.52. The minimum absolute atomic E-state index is 0.00211.